The molecule has 0 radical (unpaired) electrons. The number of rotatable bonds is 5. The summed E-state index contributed by atoms with van der Waals surface area (Å²) in [5.74, 6) is 0. The molecule has 2 N–H and O–H groups in total. The molecule has 0 aliphatic heterocycles. The van der Waals surface area contributed by atoms with Gasteiger partial charge in [0, 0.05) is 38.4 Å². The molecule has 0 amide bonds. The molecule has 0 spiro atoms. The lowest BCUT2D eigenvalue weighted by molar-refractivity contribution is 0.0809. The first-order valence-corrected chi connectivity index (χ1v) is 6.53. The summed E-state index contributed by atoms with van der Waals surface area (Å²) in [6.07, 6.45) is 9.86. The first-order chi connectivity index (χ1) is 8.26. The molecule has 1 aromatic rings. The van der Waals surface area contributed by atoms with Crippen molar-refractivity contribution in [3.05, 3.63) is 18.2 Å². The van der Waals surface area contributed by atoms with E-state index in [0.29, 0.717) is 6.61 Å². The van der Waals surface area contributed by atoms with Crippen LogP contribution in [-0.4, -0.2) is 27.8 Å². The summed E-state index contributed by atoms with van der Waals surface area (Å²) in [6.45, 7) is 2.05. The fourth-order valence-corrected chi connectivity index (χ4v) is 2.70. The second-order valence-corrected chi connectivity index (χ2v) is 5.32. The second-order valence-electron chi connectivity index (χ2n) is 5.32. The van der Waals surface area contributed by atoms with Crippen molar-refractivity contribution in [3.8, 4) is 0 Å². The minimum atomic E-state index is 0.122. The van der Waals surface area contributed by atoms with Crippen LogP contribution in [0.25, 0.3) is 0 Å². The van der Waals surface area contributed by atoms with Crippen LogP contribution >= 0.6 is 0 Å². The number of hydrogen-bond donors (Lipinski definition) is 2. The van der Waals surface area contributed by atoms with Crippen LogP contribution in [-0.2, 0) is 13.6 Å². The average Bonchev–Trinajstić information content (AvgIpc) is 2.76. The molecular weight excluding hydrogens is 214 g/mol. The Labute approximate surface area is 103 Å². The zero-order valence-electron chi connectivity index (χ0n) is 10.7. The molecule has 1 fully saturated rings. The van der Waals surface area contributed by atoms with E-state index in [4.69, 9.17) is 0 Å². The number of hydrogen-bond acceptors (Lipinski definition) is 3. The largest absolute Gasteiger partial charge is 0.396 e. The highest BCUT2D eigenvalue weighted by molar-refractivity contribution is 4.97. The fraction of sp³-hybridized carbons (Fsp3) is 0.769. The van der Waals surface area contributed by atoms with E-state index in [9.17, 15) is 5.11 Å². The number of nitrogens with one attached hydrogen (secondary N) is 1. The van der Waals surface area contributed by atoms with Gasteiger partial charge in [0.25, 0.3) is 0 Å². The number of nitrogens with zero attached hydrogens (tertiary/aromatic N) is 2. The third kappa shape index (κ3) is 3.07. The van der Waals surface area contributed by atoms with Crippen molar-refractivity contribution in [1.29, 1.82) is 0 Å². The summed E-state index contributed by atoms with van der Waals surface area (Å²) in [5.41, 5.74) is 1.31. The normalized spacial score (nSPS) is 19.4. The van der Waals surface area contributed by atoms with Gasteiger partial charge in [-0.15, -0.1) is 0 Å². The van der Waals surface area contributed by atoms with E-state index in [1.165, 1.54) is 25.0 Å². The minimum Gasteiger partial charge on any atom is -0.396 e. The summed E-state index contributed by atoms with van der Waals surface area (Å²) < 4.78 is 2.03. The summed E-state index contributed by atoms with van der Waals surface area (Å²) in [7, 11) is 2.01. The summed E-state index contributed by atoms with van der Waals surface area (Å²) in [5, 5.41) is 13.1. The summed E-state index contributed by atoms with van der Waals surface area (Å²) in [6, 6.07) is 0. The van der Waals surface area contributed by atoms with E-state index in [-0.39, 0.29) is 5.41 Å². The average molecular weight is 237 g/mol. The third-order valence-corrected chi connectivity index (χ3v) is 3.97. The van der Waals surface area contributed by atoms with Gasteiger partial charge >= 0.3 is 0 Å². The van der Waals surface area contributed by atoms with Gasteiger partial charge in [-0.05, 0) is 12.8 Å². The first-order valence-electron chi connectivity index (χ1n) is 6.53. The lowest BCUT2D eigenvalue weighted by Gasteiger charge is -2.35. The molecular formula is C13H23N3O. The SMILES string of the molecule is Cn1cncc1CNCC1(CO)CCCCC1. The molecule has 4 heteroatoms. The van der Waals surface area contributed by atoms with Gasteiger partial charge in [-0.1, -0.05) is 19.3 Å². The molecule has 0 unspecified atom stereocenters. The van der Waals surface area contributed by atoms with Crippen LogP contribution in [0.2, 0.25) is 0 Å². The van der Waals surface area contributed by atoms with E-state index in [2.05, 4.69) is 10.3 Å². The summed E-state index contributed by atoms with van der Waals surface area (Å²) in [4.78, 5) is 4.10. The van der Waals surface area contributed by atoms with Gasteiger partial charge in [-0.2, -0.15) is 0 Å². The quantitative estimate of drug-likeness (QED) is 0.815. The van der Waals surface area contributed by atoms with E-state index in [1.807, 2.05) is 24.1 Å². The van der Waals surface area contributed by atoms with Crippen LogP contribution in [0.4, 0.5) is 0 Å². The molecule has 1 aliphatic carbocycles. The van der Waals surface area contributed by atoms with Crippen molar-refractivity contribution in [1.82, 2.24) is 14.9 Å². The van der Waals surface area contributed by atoms with Crippen molar-refractivity contribution < 1.29 is 5.11 Å². The van der Waals surface area contributed by atoms with Gasteiger partial charge in [0.05, 0.1) is 12.0 Å². The highest BCUT2D eigenvalue weighted by atomic mass is 16.3. The predicted molar refractivity (Wildman–Crippen MR) is 67.5 cm³/mol. The smallest absolute Gasteiger partial charge is 0.0945 e. The molecule has 1 saturated carbocycles. The summed E-state index contributed by atoms with van der Waals surface area (Å²) >= 11 is 0. The van der Waals surface area contributed by atoms with Crippen molar-refractivity contribution in [2.24, 2.45) is 12.5 Å². The maximum Gasteiger partial charge on any atom is 0.0945 e. The van der Waals surface area contributed by atoms with E-state index >= 15 is 0 Å². The Kier molecular flexibility index (Phi) is 4.18. The predicted octanol–water partition coefficient (Wildman–Crippen LogP) is 1.45. The fourth-order valence-electron chi connectivity index (χ4n) is 2.70. The Bertz CT molecular complexity index is 342. The van der Waals surface area contributed by atoms with Gasteiger partial charge in [-0.25, -0.2) is 4.98 Å². The number of aliphatic hydroxyl groups is 1. The maximum absolute atomic E-state index is 9.60. The van der Waals surface area contributed by atoms with E-state index in [0.717, 1.165) is 25.9 Å². The molecule has 96 valence electrons. The van der Waals surface area contributed by atoms with E-state index < -0.39 is 0 Å². The number of aryl methyl sites for hydroxylation is 1. The Balaban J connectivity index is 1.82. The zero-order valence-corrected chi connectivity index (χ0v) is 10.7. The van der Waals surface area contributed by atoms with E-state index in [1.54, 1.807) is 0 Å². The molecule has 0 aromatic carbocycles. The zero-order chi connectivity index (χ0) is 12.1. The Hall–Kier alpha value is -0.870. The molecule has 1 heterocycles. The van der Waals surface area contributed by atoms with Crippen LogP contribution in [0.1, 0.15) is 37.8 Å². The van der Waals surface area contributed by atoms with Crippen LogP contribution in [0.5, 0.6) is 0 Å². The molecule has 1 aromatic heterocycles. The molecule has 0 atom stereocenters. The minimum absolute atomic E-state index is 0.122. The molecule has 4 nitrogen and oxygen atoms in total. The highest BCUT2D eigenvalue weighted by Gasteiger charge is 2.30. The Morgan fingerprint density at radius 2 is 2.18 bits per heavy atom. The van der Waals surface area contributed by atoms with Gasteiger partial charge in [0.2, 0.25) is 0 Å². The Morgan fingerprint density at radius 1 is 1.41 bits per heavy atom. The van der Waals surface area contributed by atoms with Gasteiger partial charge in [0.15, 0.2) is 0 Å². The molecule has 0 bridgehead atoms. The van der Waals surface area contributed by atoms with Crippen LogP contribution in [0.3, 0.4) is 0 Å². The number of imidazole rings is 1. The van der Waals surface area contributed by atoms with Crippen molar-refractivity contribution in [2.75, 3.05) is 13.2 Å². The number of aliphatic hydroxyl groups excluding tert-OH is 1. The monoisotopic (exact) mass is 237 g/mol. The molecule has 0 saturated heterocycles. The van der Waals surface area contributed by atoms with Crippen LogP contribution in [0.15, 0.2) is 12.5 Å². The topological polar surface area (TPSA) is 50.1 Å². The van der Waals surface area contributed by atoms with Gasteiger partial charge < -0.3 is 15.0 Å². The lowest BCUT2D eigenvalue weighted by atomic mass is 9.74. The lowest BCUT2D eigenvalue weighted by Crippen LogP contribution is -2.39. The number of aromatic nitrogens is 2. The highest BCUT2D eigenvalue weighted by Crippen LogP contribution is 2.35. The maximum atomic E-state index is 9.60. The first kappa shape index (κ1) is 12.6. The standard InChI is InChI=1S/C13H23N3O/c1-16-11-15-8-12(16)7-14-9-13(10-17)5-3-2-4-6-13/h8,11,14,17H,2-7,9-10H2,1H3. The van der Waals surface area contributed by atoms with Crippen LogP contribution < -0.4 is 5.32 Å². The second kappa shape index (κ2) is 5.65. The van der Waals surface area contributed by atoms with Gasteiger partial charge in [-0.3, -0.25) is 0 Å². The van der Waals surface area contributed by atoms with Gasteiger partial charge in [0.1, 0.15) is 0 Å². The van der Waals surface area contributed by atoms with Crippen molar-refractivity contribution in [3.63, 3.8) is 0 Å². The van der Waals surface area contributed by atoms with Crippen molar-refractivity contribution in [2.45, 2.75) is 38.6 Å². The molecule has 17 heavy (non-hydrogen) atoms. The molecule has 2 rings (SSSR count). The molecule has 1 aliphatic rings. The Morgan fingerprint density at radius 3 is 2.76 bits per heavy atom. The third-order valence-electron chi connectivity index (χ3n) is 3.97. The van der Waals surface area contributed by atoms with Crippen molar-refractivity contribution >= 4 is 0 Å². The van der Waals surface area contributed by atoms with Crippen LogP contribution in [0, 0.1) is 5.41 Å².